The quantitative estimate of drug-likeness (QED) is 0.598. The summed E-state index contributed by atoms with van der Waals surface area (Å²) in [6.07, 6.45) is 0. The van der Waals surface area contributed by atoms with E-state index in [0.29, 0.717) is 31.7 Å². The van der Waals surface area contributed by atoms with Crippen molar-refractivity contribution in [3.63, 3.8) is 0 Å². The lowest BCUT2D eigenvalue weighted by Crippen LogP contribution is -2.23. The summed E-state index contributed by atoms with van der Waals surface area (Å²) in [7, 11) is 4.94. The largest absolute Gasteiger partial charge is 0.339 e. The predicted molar refractivity (Wildman–Crippen MR) is 124 cm³/mol. The van der Waals surface area contributed by atoms with Crippen LogP contribution in [0.2, 0.25) is 0 Å². The van der Waals surface area contributed by atoms with Gasteiger partial charge >= 0.3 is 0 Å². The number of aromatic nitrogens is 3. The van der Waals surface area contributed by atoms with Crippen LogP contribution in [0.25, 0.3) is 10.6 Å². The van der Waals surface area contributed by atoms with Gasteiger partial charge in [0.2, 0.25) is 0 Å². The van der Waals surface area contributed by atoms with E-state index in [0.717, 1.165) is 34.4 Å². The number of rotatable bonds is 4. The summed E-state index contributed by atoms with van der Waals surface area (Å²) >= 11 is 2.20. The Bertz CT molecular complexity index is 1230. The summed E-state index contributed by atoms with van der Waals surface area (Å²) in [6.45, 7) is 5.39. The molecule has 2 aromatic heterocycles. The maximum atomic E-state index is 13.0. The normalized spacial score (nSPS) is 10.8. The van der Waals surface area contributed by atoms with Crippen molar-refractivity contribution < 1.29 is 9.59 Å². The standard InChI is InChI=1S/C21H23N5O3S2/c1-11-12(2)24-26(6)20(28)16(11)19-22-13(3)17(31-19)18(27)23-14-9-7-8-10-15(14)30-21(29)25(4)5/h7-10H,1-6H3,(H,23,27). The average molecular weight is 458 g/mol. The first-order valence-corrected chi connectivity index (χ1v) is 11.0. The molecule has 0 aliphatic carbocycles. The molecule has 0 bridgehead atoms. The molecule has 2 heterocycles. The number of thioether (sulfide) groups is 1. The minimum atomic E-state index is -0.341. The third-order valence-electron chi connectivity index (χ3n) is 4.64. The van der Waals surface area contributed by atoms with Crippen molar-refractivity contribution in [3.05, 3.63) is 56.4 Å². The molecule has 31 heavy (non-hydrogen) atoms. The smallest absolute Gasteiger partial charge is 0.286 e. The fourth-order valence-corrected chi connectivity index (χ4v) is 4.64. The van der Waals surface area contributed by atoms with E-state index in [1.807, 2.05) is 13.8 Å². The number of nitrogens with one attached hydrogen (secondary N) is 1. The van der Waals surface area contributed by atoms with Crippen molar-refractivity contribution in [2.45, 2.75) is 25.7 Å². The SMILES string of the molecule is Cc1nc(-c2c(C)c(C)nn(C)c2=O)sc1C(=O)Nc1ccccc1SC(=O)N(C)C. The summed E-state index contributed by atoms with van der Waals surface area (Å²) < 4.78 is 1.28. The molecule has 0 atom stereocenters. The molecule has 0 fully saturated rings. The molecule has 0 spiro atoms. The van der Waals surface area contributed by atoms with E-state index in [1.54, 1.807) is 52.3 Å². The number of nitrogens with zero attached hydrogens (tertiary/aromatic N) is 4. The summed E-state index contributed by atoms with van der Waals surface area (Å²) in [5.74, 6) is -0.341. The Morgan fingerprint density at radius 1 is 1.13 bits per heavy atom. The molecular formula is C21H23N5O3S2. The van der Waals surface area contributed by atoms with Crippen LogP contribution < -0.4 is 10.9 Å². The van der Waals surface area contributed by atoms with Crippen molar-refractivity contribution in [1.29, 1.82) is 0 Å². The highest BCUT2D eigenvalue weighted by atomic mass is 32.2. The van der Waals surface area contributed by atoms with Gasteiger partial charge in [0.25, 0.3) is 16.7 Å². The number of hydrogen-bond donors (Lipinski definition) is 1. The zero-order chi connectivity index (χ0) is 22.9. The molecule has 8 nitrogen and oxygen atoms in total. The monoisotopic (exact) mass is 457 g/mol. The van der Waals surface area contributed by atoms with Crippen LogP contribution in [0.5, 0.6) is 0 Å². The maximum Gasteiger partial charge on any atom is 0.286 e. The van der Waals surface area contributed by atoms with Gasteiger partial charge in [-0.15, -0.1) is 11.3 Å². The van der Waals surface area contributed by atoms with Gasteiger partial charge in [-0.1, -0.05) is 12.1 Å². The van der Waals surface area contributed by atoms with Gasteiger partial charge in [-0.05, 0) is 50.2 Å². The van der Waals surface area contributed by atoms with Crippen LogP contribution in [0.1, 0.15) is 26.6 Å². The third-order valence-corrected chi connectivity index (χ3v) is 6.93. The summed E-state index contributed by atoms with van der Waals surface area (Å²) in [4.78, 5) is 44.8. The highest BCUT2D eigenvalue weighted by molar-refractivity contribution is 8.13. The Kier molecular flexibility index (Phi) is 6.61. The topological polar surface area (TPSA) is 97.2 Å². The number of anilines is 1. The van der Waals surface area contributed by atoms with Gasteiger partial charge in [-0.25, -0.2) is 9.67 Å². The molecule has 0 aliphatic rings. The minimum absolute atomic E-state index is 0.141. The van der Waals surface area contributed by atoms with Crippen molar-refractivity contribution in [2.24, 2.45) is 7.05 Å². The molecule has 0 unspecified atom stereocenters. The molecule has 3 rings (SSSR count). The number of carbonyl (C=O) groups is 2. The summed E-state index contributed by atoms with van der Waals surface area (Å²) in [5, 5.41) is 7.41. The fraction of sp³-hybridized carbons (Fsp3) is 0.286. The highest BCUT2D eigenvalue weighted by Gasteiger charge is 2.22. The number of thiazole rings is 1. The Morgan fingerprint density at radius 3 is 2.48 bits per heavy atom. The Labute approximate surface area is 188 Å². The second-order valence-electron chi connectivity index (χ2n) is 7.16. The van der Waals surface area contributed by atoms with Gasteiger partial charge in [0.05, 0.1) is 22.6 Å². The first-order chi connectivity index (χ1) is 14.6. The number of benzene rings is 1. The van der Waals surface area contributed by atoms with Crippen molar-refractivity contribution >= 4 is 39.9 Å². The minimum Gasteiger partial charge on any atom is -0.339 e. The van der Waals surface area contributed by atoms with E-state index >= 15 is 0 Å². The zero-order valence-corrected chi connectivity index (χ0v) is 19.8. The summed E-state index contributed by atoms with van der Waals surface area (Å²) in [6, 6.07) is 7.12. The lowest BCUT2D eigenvalue weighted by Gasteiger charge is -2.12. The molecule has 3 aromatic rings. The average Bonchev–Trinajstić information content (AvgIpc) is 3.09. The van der Waals surface area contributed by atoms with Gasteiger partial charge in [0, 0.05) is 26.0 Å². The molecule has 0 radical (unpaired) electrons. The number of para-hydroxylation sites is 1. The molecule has 2 amide bonds. The Hall–Kier alpha value is -2.98. The van der Waals surface area contributed by atoms with Crippen molar-refractivity contribution in [3.8, 4) is 10.6 Å². The van der Waals surface area contributed by atoms with E-state index in [9.17, 15) is 14.4 Å². The number of aryl methyl sites for hydroxylation is 3. The molecule has 1 N–H and O–H groups in total. The molecule has 10 heteroatoms. The Morgan fingerprint density at radius 2 is 1.81 bits per heavy atom. The molecule has 1 aromatic carbocycles. The summed E-state index contributed by atoms with van der Waals surface area (Å²) in [5.41, 5.74) is 2.74. The van der Waals surface area contributed by atoms with Crippen molar-refractivity contribution in [2.75, 3.05) is 19.4 Å². The lowest BCUT2D eigenvalue weighted by atomic mass is 10.1. The van der Waals surface area contributed by atoms with Crippen LogP contribution >= 0.6 is 23.1 Å². The van der Waals surface area contributed by atoms with Gasteiger partial charge in [-0.2, -0.15) is 5.10 Å². The van der Waals surface area contributed by atoms with E-state index in [4.69, 9.17) is 0 Å². The van der Waals surface area contributed by atoms with E-state index in [1.165, 1.54) is 9.58 Å². The maximum absolute atomic E-state index is 13.0. The predicted octanol–water partition coefficient (Wildman–Crippen LogP) is 3.86. The van der Waals surface area contributed by atoms with E-state index < -0.39 is 0 Å². The van der Waals surface area contributed by atoms with Gasteiger partial charge < -0.3 is 10.2 Å². The van der Waals surface area contributed by atoms with Crippen LogP contribution in [0.3, 0.4) is 0 Å². The number of amides is 2. The van der Waals surface area contributed by atoms with Crippen LogP contribution in [0, 0.1) is 20.8 Å². The van der Waals surface area contributed by atoms with Gasteiger partial charge in [0.1, 0.15) is 9.88 Å². The molecule has 162 valence electrons. The number of carbonyl (C=O) groups excluding carboxylic acids is 2. The zero-order valence-electron chi connectivity index (χ0n) is 18.1. The van der Waals surface area contributed by atoms with Crippen LogP contribution in [-0.2, 0) is 7.05 Å². The van der Waals surface area contributed by atoms with Crippen LogP contribution in [0.15, 0.2) is 34.0 Å². The molecular weight excluding hydrogens is 434 g/mol. The van der Waals surface area contributed by atoms with Crippen LogP contribution in [-0.4, -0.2) is 44.9 Å². The second kappa shape index (κ2) is 9.03. The molecule has 0 saturated carbocycles. The first-order valence-electron chi connectivity index (χ1n) is 9.42. The third kappa shape index (κ3) is 4.70. The molecule has 0 saturated heterocycles. The van der Waals surface area contributed by atoms with Crippen LogP contribution in [0.4, 0.5) is 10.5 Å². The van der Waals surface area contributed by atoms with E-state index in [-0.39, 0.29) is 16.7 Å². The second-order valence-corrected chi connectivity index (χ2v) is 9.15. The van der Waals surface area contributed by atoms with Gasteiger partial charge in [-0.3, -0.25) is 14.4 Å². The number of hydrogen-bond acceptors (Lipinski definition) is 7. The molecule has 0 aliphatic heterocycles. The first kappa shape index (κ1) is 22.7. The van der Waals surface area contributed by atoms with Crippen molar-refractivity contribution in [1.82, 2.24) is 19.7 Å². The van der Waals surface area contributed by atoms with Gasteiger partial charge in [0.15, 0.2) is 0 Å². The Balaban J connectivity index is 1.94. The fourth-order valence-electron chi connectivity index (χ4n) is 2.84. The van der Waals surface area contributed by atoms with E-state index in [2.05, 4.69) is 15.4 Å². The highest BCUT2D eigenvalue weighted by Crippen LogP contribution is 2.32. The lowest BCUT2D eigenvalue weighted by molar-refractivity contribution is 0.102.